The Morgan fingerprint density at radius 3 is 2.49 bits per heavy atom. The third kappa shape index (κ3) is 4.99. The summed E-state index contributed by atoms with van der Waals surface area (Å²) in [4.78, 5) is 31.4. The summed E-state index contributed by atoms with van der Waals surface area (Å²) >= 11 is 0. The molecule has 5 rings (SSSR count). The Hall–Kier alpha value is -4.72. The van der Waals surface area contributed by atoms with Gasteiger partial charge in [0.15, 0.2) is 0 Å². The maximum Gasteiger partial charge on any atom is 0.278 e. The first-order chi connectivity index (χ1) is 18.0. The number of hydrogen-bond donors (Lipinski definition) is 2. The van der Waals surface area contributed by atoms with E-state index in [0.29, 0.717) is 42.6 Å². The molecule has 8 heteroatoms. The van der Waals surface area contributed by atoms with Crippen molar-refractivity contribution in [3.8, 4) is 5.75 Å². The molecule has 0 aliphatic carbocycles. The summed E-state index contributed by atoms with van der Waals surface area (Å²) in [6.07, 6.45) is 2.98. The maximum atomic E-state index is 13.4. The first-order valence-electron chi connectivity index (χ1n) is 12.1. The molecule has 0 fully saturated rings. The molecule has 0 bridgehead atoms. The molecule has 186 valence electrons. The van der Waals surface area contributed by atoms with E-state index >= 15 is 0 Å². The molecule has 37 heavy (non-hydrogen) atoms. The number of nitrogen functional groups attached to an aromatic ring is 1. The van der Waals surface area contributed by atoms with Crippen LogP contribution in [0.5, 0.6) is 5.75 Å². The highest BCUT2D eigenvalue weighted by atomic mass is 16.5. The average Bonchev–Trinajstić information content (AvgIpc) is 2.93. The number of rotatable bonds is 8. The highest BCUT2D eigenvalue weighted by molar-refractivity contribution is 6.00. The lowest BCUT2D eigenvalue weighted by molar-refractivity contribution is -0.658. The zero-order valence-electron chi connectivity index (χ0n) is 20.6. The molecule has 5 aromatic rings. The monoisotopic (exact) mass is 494 g/mol. The SMILES string of the molecule is COc1ccc(CC[n+]2c(N)c(C(=O)NCCc3ccccc3)cc3c(=O)n4ccccc4nc32)cc1. The normalized spacial score (nSPS) is 11.1. The standard InChI is InChI=1S/C29H27N5O3/c1-37-22-12-10-21(11-13-22)15-18-34-26(30)23(28(35)31-16-14-20-7-3-2-4-8-20)19-24-27(34)32-25-9-5-6-17-33(25)29(24)36/h2-13,17,19,30H,14-16,18H2,1H3,(H,31,35)/p+1. The van der Waals surface area contributed by atoms with Crippen molar-refractivity contribution in [3.63, 3.8) is 0 Å². The van der Waals surface area contributed by atoms with E-state index in [2.05, 4.69) is 5.32 Å². The number of carbonyl (C=O) groups is 1. The minimum absolute atomic E-state index is 0.253. The molecular formula is C29H28N5O3+. The fraction of sp³-hybridized carbons (Fsp3) is 0.172. The fourth-order valence-corrected chi connectivity index (χ4v) is 4.40. The third-order valence-electron chi connectivity index (χ3n) is 6.43. The molecule has 2 aromatic carbocycles. The fourth-order valence-electron chi connectivity index (χ4n) is 4.40. The van der Waals surface area contributed by atoms with Gasteiger partial charge in [0.05, 0.1) is 13.7 Å². The lowest BCUT2D eigenvalue weighted by Crippen LogP contribution is -2.43. The van der Waals surface area contributed by atoms with Crippen molar-refractivity contribution >= 4 is 28.4 Å². The van der Waals surface area contributed by atoms with Crippen molar-refractivity contribution in [1.82, 2.24) is 14.7 Å². The molecule has 0 aliphatic rings. The molecule has 0 unspecified atom stereocenters. The van der Waals surface area contributed by atoms with Crippen molar-refractivity contribution in [2.24, 2.45) is 0 Å². The Balaban J connectivity index is 1.52. The molecule has 1 amide bonds. The number of pyridine rings is 2. The highest BCUT2D eigenvalue weighted by Gasteiger charge is 2.24. The van der Waals surface area contributed by atoms with Crippen LogP contribution in [0.25, 0.3) is 16.7 Å². The minimum atomic E-state index is -0.328. The van der Waals surface area contributed by atoms with Crippen LogP contribution in [-0.2, 0) is 19.4 Å². The number of anilines is 1. The van der Waals surface area contributed by atoms with Crippen molar-refractivity contribution in [2.45, 2.75) is 19.4 Å². The summed E-state index contributed by atoms with van der Waals surface area (Å²) in [5, 5.41) is 3.28. The van der Waals surface area contributed by atoms with Crippen LogP contribution in [-0.4, -0.2) is 28.9 Å². The number of nitrogens with two attached hydrogens (primary N) is 1. The second kappa shape index (κ2) is 10.5. The molecule has 0 radical (unpaired) electrons. The number of aromatic nitrogens is 3. The van der Waals surface area contributed by atoms with E-state index in [1.54, 1.807) is 36.1 Å². The Bertz CT molecular complexity index is 1630. The number of fused-ring (bicyclic) bond motifs is 2. The smallest absolute Gasteiger partial charge is 0.278 e. The van der Waals surface area contributed by atoms with Crippen molar-refractivity contribution in [1.29, 1.82) is 0 Å². The first-order valence-corrected chi connectivity index (χ1v) is 12.1. The van der Waals surface area contributed by atoms with Gasteiger partial charge in [-0.25, -0.2) is 4.57 Å². The van der Waals surface area contributed by atoms with E-state index in [4.69, 9.17) is 15.5 Å². The van der Waals surface area contributed by atoms with E-state index in [0.717, 1.165) is 16.9 Å². The summed E-state index contributed by atoms with van der Waals surface area (Å²) in [7, 11) is 1.63. The lowest BCUT2D eigenvalue weighted by Gasteiger charge is -2.13. The van der Waals surface area contributed by atoms with Gasteiger partial charge in [-0.05, 0) is 47.9 Å². The van der Waals surface area contributed by atoms with Gasteiger partial charge >= 0.3 is 0 Å². The number of carbonyl (C=O) groups excluding carboxylic acids is 1. The molecule has 3 heterocycles. The summed E-state index contributed by atoms with van der Waals surface area (Å²) in [5.41, 5.74) is 9.72. The zero-order valence-corrected chi connectivity index (χ0v) is 20.6. The number of amides is 1. The number of nitrogens with one attached hydrogen (secondary N) is 1. The predicted octanol–water partition coefficient (Wildman–Crippen LogP) is 2.94. The topological polar surface area (TPSA) is 103 Å². The van der Waals surface area contributed by atoms with Crippen LogP contribution in [0, 0.1) is 0 Å². The number of ether oxygens (including phenoxy) is 1. The molecule has 8 nitrogen and oxygen atoms in total. The quantitative estimate of drug-likeness (QED) is 0.255. The first kappa shape index (κ1) is 24.0. The van der Waals surface area contributed by atoms with Crippen LogP contribution in [0.3, 0.4) is 0 Å². The van der Waals surface area contributed by atoms with Gasteiger partial charge in [-0.1, -0.05) is 53.5 Å². The van der Waals surface area contributed by atoms with Gasteiger partial charge < -0.3 is 15.8 Å². The zero-order chi connectivity index (χ0) is 25.8. The summed E-state index contributed by atoms with van der Waals surface area (Å²) in [6, 6.07) is 24.6. The molecule has 3 aromatic heterocycles. The highest BCUT2D eigenvalue weighted by Crippen LogP contribution is 2.16. The van der Waals surface area contributed by atoms with E-state index in [1.807, 2.05) is 60.7 Å². The summed E-state index contributed by atoms with van der Waals surface area (Å²) < 4.78 is 8.49. The molecule has 0 aliphatic heterocycles. The van der Waals surface area contributed by atoms with Crippen molar-refractivity contribution in [2.75, 3.05) is 19.4 Å². The van der Waals surface area contributed by atoms with Gasteiger partial charge in [0, 0.05) is 19.2 Å². The van der Waals surface area contributed by atoms with Crippen LogP contribution >= 0.6 is 0 Å². The molecule has 0 spiro atoms. The molecule has 3 N–H and O–H groups in total. The Labute approximate surface area is 214 Å². The molecular weight excluding hydrogens is 466 g/mol. The Kier molecular flexibility index (Phi) is 6.81. The average molecular weight is 495 g/mol. The second-order valence-electron chi connectivity index (χ2n) is 8.77. The second-order valence-corrected chi connectivity index (χ2v) is 8.77. The Morgan fingerprint density at radius 2 is 1.73 bits per heavy atom. The van der Waals surface area contributed by atoms with E-state index < -0.39 is 0 Å². The van der Waals surface area contributed by atoms with E-state index in [-0.39, 0.29) is 22.8 Å². The number of methoxy groups -OCH3 is 1. The van der Waals surface area contributed by atoms with Crippen LogP contribution in [0.1, 0.15) is 21.5 Å². The van der Waals surface area contributed by atoms with Gasteiger partial charge in [0.1, 0.15) is 16.7 Å². The van der Waals surface area contributed by atoms with Crippen LogP contribution in [0.2, 0.25) is 0 Å². The molecule has 0 saturated heterocycles. The summed E-state index contributed by atoms with van der Waals surface area (Å²) in [5.74, 6) is 0.716. The van der Waals surface area contributed by atoms with Gasteiger partial charge in [0.25, 0.3) is 17.1 Å². The minimum Gasteiger partial charge on any atom is -0.497 e. The van der Waals surface area contributed by atoms with Gasteiger partial charge in [0.2, 0.25) is 11.5 Å². The molecule has 0 saturated carbocycles. The van der Waals surface area contributed by atoms with E-state index in [9.17, 15) is 9.59 Å². The number of hydrogen-bond acceptors (Lipinski definition) is 5. The van der Waals surface area contributed by atoms with Gasteiger partial charge in [-0.15, -0.1) is 0 Å². The van der Waals surface area contributed by atoms with Gasteiger partial charge in [-0.2, -0.15) is 0 Å². The number of nitrogens with zero attached hydrogens (tertiary/aromatic N) is 3. The van der Waals surface area contributed by atoms with Crippen molar-refractivity contribution < 1.29 is 14.1 Å². The molecule has 0 atom stereocenters. The number of benzene rings is 2. The van der Waals surface area contributed by atoms with Crippen LogP contribution < -0.4 is 25.9 Å². The van der Waals surface area contributed by atoms with Gasteiger partial charge in [-0.3, -0.25) is 14.0 Å². The number of aryl methyl sites for hydroxylation is 2. The predicted molar refractivity (Wildman–Crippen MR) is 143 cm³/mol. The van der Waals surface area contributed by atoms with Crippen molar-refractivity contribution in [3.05, 3.63) is 112 Å². The third-order valence-corrected chi connectivity index (χ3v) is 6.43. The van der Waals surface area contributed by atoms with E-state index in [1.165, 1.54) is 4.40 Å². The van der Waals surface area contributed by atoms with Crippen LogP contribution in [0.15, 0.2) is 89.9 Å². The van der Waals surface area contributed by atoms with Crippen LogP contribution in [0.4, 0.5) is 5.82 Å². The largest absolute Gasteiger partial charge is 0.497 e. The lowest BCUT2D eigenvalue weighted by atomic mass is 10.1. The Morgan fingerprint density at radius 1 is 1.00 bits per heavy atom. The summed E-state index contributed by atoms with van der Waals surface area (Å²) in [6.45, 7) is 0.885. The maximum absolute atomic E-state index is 13.4.